The molecule has 4 heteroatoms. The van der Waals surface area contributed by atoms with Crippen molar-refractivity contribution in [3.63, 3.8) is 0 Å². The van der Waals surface area contributed by atoms with E-state index >= 15 is 0 Å². The van der Waals surface area contributed by atoms with Gasteiger partial charge in [-0.2, -0.15) is 0 Å². The molecule has 1 atom stereocenters. The Kier molecular flexibility index (Phi) is 3.60. The fourth-order valence-corrected chi connectivity index (χ4v) is 2.75. The van der Waals surface area contributed by atoms with Gasteiger partial charge in [0.25, 0.3) is 0 Å². The molecule has 0 N–H and O–H groups in total. The highest BCUT2D eigenvalue weighted by Crippen LogP contribution is 2.42. The highest BCUT2D eigenvalue weighted by Gasteiger charge is 2.50. The van der Waals surface area contributed by atoms with Crippen LogP contribution >= 0.6 is 0 Å². The molecule has 1 aliphatic rings. The number of Topliss-reactive ketones (excluding diaryl/α,β-unsaturated/α-hetero) is 1. The van der Waals surface area contributed by atoms with Crippen molar-refractivity contribution in [1.29, 1.82) is 0 Å². The van der Waals surface area contributed by atoms with E-state index in [1.54, 1.807) is 26.2 Å². The standard InChI is InChI=1S/C15H18O4/c1-4-19-14(17)15(10(2)16)8-7-11-9-12(18-3)5-6-13(11)15/h5-6,9H,4,7-8H2,1-3H3. The Morgan fingerprint density at radius 2 is 2.11 bits per heavy atom. The molecule has 102 valence electrons. The molecule has 1 aliphatic carbocycles. The topological polar surface area (TPSA) is 52.6 Å². The van der Waals surface area contributed by atoms with Crippen molar-refractivity contribution in [3.8, 4) is 5.75 Å². The van der Waals surface area contributed by atoms with Crippen LogP contribution in [0, 0.1) is 0 Å². The lowest BCUT2D eigenvalue weighted by atomic mass is 9.78. The number of esters is 1. The number of fused-ring (bicyclic) bond motifs is 1. The van der Waals surface area contributed by atoms with E-state index in [0.717, 1.165) is 16.9 Å². The van der Waals surface area contributed by atoms with Gasteiger partial charge in [0, 0.05) is 0 Å². The van der Waals surface area contributed by atoms with Gasteiger partial charge in [-0.25, -0.2) is 0 Å². The van der Waals surface area contributed by atoms with Crippen molar-refractivity contribution in [1.82, 2.24) is 0 Å². The van der Waals surface area contributed by atoms with Crippen molar-refractivity contribution >= 4 is 11.8 Å². The second-order valence-electron chi connectivity index (χ2n) is 4.71. The first kappa shape index (κ1) is 13.6. The summed E-state index contributed by atoms with van der Waals surface area (Å²) in [7, 11) is 1.60. The van der Waals surface area contributed by atoms with Crippen LogP contribution < -0.4 is 4.74 Å². The van der Waals surface area contributed by atoms with E-state index < -0.39 is 11.4 Å². The number of hydrogen-bond acceptors (Lipinski definition) is 4. The molecule has 19 heavy (non-hydrogen) atoms. The number of carbonyl (C=O) groups is 2. The maximum absolute atomic E-state index is 12.3. The number of rotatable bonds is 4. The molecule has 1 aromatic rings. The van der Waals surface area contributed by atoms with Gasteiger partial charge in [0.05, 0.1) is 13.7 Å². The number of methoxy groups -OCH3 is 1. The van der Waals surface area contributed by atoms with Crippen molar-refractivity contribution in [2.75, 3.05) is 13.7 Å². The molecule has 0 bridgehead atoms. The second-order valence-corrected chi connectivity index (χ2v) is 4.71. The highest BCUT2D eigenvalue weighted by molar-refractivity contribution is 6.09. The maximum atomic E-state index is 12.3. The predicted molar refractivity (Wildman–Crippen MR) is 70.3 cm³/mol. The van der Waals surface area contributed by atoms with Crippen LogP contribution in [0.4, 0.5) is 0 Å². The van der Waals surface area contributed by atoms with Crippen LogP contribution in [-0.4, -0.2) is 25.5 Å². The summed E-state index contributed by atoms with van der Waals surface area (Å²) in [5.74, 6) is 0.142. The number of carbonyl (C=O) groups excluding carboxylic acids is 2. The summed E-state index contributed by atoms with van der Waals surface area (Å²) in [6.07, 6.45) is 1.16. The van der Waals surface area contributed by atoms with Gasteiger partial charge in [-0.1, -0.05) is 6.07 Å². The quantitative estimate of drug-likeness (QED) is 0.615. The first-order valence-corrected chi connectivity index (χ1v) is 6.42. The Morgan fingerprint density at radius 3 is 2.68 bits per heavy atom. The van der Waals surface area contributed by atoms with Gasteiger partial charge < -0.3 is 9.47 Å². The first-order valence-electron chi connectivity index (χ1n) is 6.42. The van der Waals surface area contributed by atoms with E-state index in [0.29, 0.717) is 12.8 Å². The molecule has 0 spiro atoms. The van der Waals surface area contributed by atoms with E-state index in [-0.39, 0.29) is 12.4 Å². The molecule has 0 aromatic heterocycles. The smallest absolute Gasteiger partial charge is 0.324 e. The molecule has 0 radical (unpaired) electrons. The van der Waals surface area contributed by atoms with E-state index in [9.17, 15) is 9.59 Å². The Bertz CT molecular complexity index is 521. The fourth-order valence-electron chi connectivity index (χ4n) is 2.75. The monoisotopic (exact) mass is 262 g/mol. The van der Waals surface area contributed by atoms with E-state index in [1.165, 1.54) is 6.92 Å². The Hall–Kier alpha value is -1.84. The average Bonchev–Trinajstić information content (AvgIpc) is 2.78. The molecule has 1 aromatic carbocycles. The molecule has 0 aliphatic heterocycles. The lowest BCUT2D eigenvalue weighted by Crippen LogP contribution is -2.42. The van der Waals surface area contributed by atoms with Crippen LogP contribution in [0.25, 0.3) is 0 Å². The third kappa shape index (κ3) is 2.01. The van der Waals surface area contributed by atoms with Gasteiger partial charge in [0.15, 0.2) is 11.2 Å². The minimum atomic E-state index is -1.13. The Morgan fingerprint density at radius 1 is 1.37 bits per heavy atom. The minimum Gasteiger partial charge on any atom is -0.497 e. The van der Waals surface area contributed by atoms with Gasteiger partial charge in [-0.05, 0) is 49.9 Å². The Balaban J connectivity index is 2.51. The zero-order chi connectivity index (χ0) is 14.0. The molecule has 0 amide bonds. The third-order valence-corrected chi connectivity index (χ3v) is 3.77. The van der Waals surface area contributed by atoms with E-state index in [4.69, 9.17) is 9.47 Å². The molecule has 0 saturated heterocycles. The number of benzene rings is 1. The summed E-state index contributed by atoms with van der Waals surface area (Å²) in [5.41, 5.74) is 0.624. The number of ether oxygens (including phenoxy) is 2. The molecule has 0 fully saturated rings. The third-order valence-electron chi connectivity index (χ3n) is 3.77. The number of aryl methyl sites for hydroxylation is 1. The zero-order valence-electron chi connectivity index (χ0n) is 11.5. The second kappa shape index (κ2) is 5.03. The zero-order valence-corrected chi connectivity index (χ0v) is 11.5. The summed E-state index contributed by atoms with van der Waals surface area (Å²) in [4.78, 5) is 24.3. The van der Waals surface area contributed by atoms with Crippen molar-refractivity contribution in [3.05, 3.63) is 29.3 Å². The lowest BCUT2D eigenvalue weighted by Gasteiger charge is -2.25. The molecule has 0 saturated carbocycles. The molecule has 2 rings (SSSR count). The lowest BCUT2D eigenvalue weighted by molar-refractivity contribution is -0.153. The molecule has 4 nitrogen and oxygen atoms in total. The van der Waals surface area contributed by atoms with Crippen molar-refractivity contribution < 1.29 is 19.1 Å². The van der Waals surface area contributed by atoms with Gasteiger partial charge in [-0.3, -0.25) is 9.59 Å². The molecule has 0 heterocycles. The fraction of sp³-hybridized carbons (Fsp3) is 0.467. The van der Waals surface area contributed by atoms with Gasteiger partial charge >= 0.3 is 5.97 Å². The van der Waals surface area contributed by atoms with Gasteiger partial charge in [0.2, 0.25) is 0 Å². The molecular weight excluding hydrogens is 244 g/mol. The summed E-state index contributed by atoms with van der Waals surface area (Å²) in [6.45, 7) is 3.48. The van der Waals surface area contributed by atoms with Crippen LogP contribution in [0.2, 0.25) is 0 Å². The summed E-state index contributed by atoms with van der Waals surface area (Å²) < 4.78 is 10.3. The van der Waals surface area contributed by atoms with Crippen LogP contribution in [0.5, 0.6) is 5.75 Å². The van der Waals surface area contributed by atoms with E-state index in [1.807, 2.05) is 6.07 Å². The number of ketones is 1. The van der Waals surface area contributed by atoms with Crippen LogP contribution in [-0.2, 0) is 26.2 Å². The summed E-state index contributed by atoms with van der Waals surface area (Å²) >= 11 is 0. The maximum Gasteiger partial charge on any atom is 0.324 e. The van der Waals surface area contributed by atoms with Gasteiger partial charge in [0.1, 0.15) is 5.75 Å². The summed E-state index contributed by atoms with van der Waals surface area (Å²) in [6, 6.07) is 5.47. The number of hydrogen-bond donors (Lipinski definition) is 0. The Labute approximate surface area is 112 Å². The largest absolute Gasteiger partial charge is 0.497 e. The van der Waals surface area contributed by atoms with E-state index in [2.05, 4.69) is 0 Å². The van der Waals surface area contributed by atoms with Crippen molar-refractivity contribution in [2.45, 2.75) is 32.1 Å². The minimum absolute atomic E-state index is 0.158. The normalized spacial score (nSPS) is 20.8. The SMILES string of the molecule is CCOC(=O)C1(C(C)=O)CCc2cc(OC)ccc21. The van der Waals surface area contributed by atoms with Crippen LogP contribution in [0.1, 0.15) is 31.4 Å². The summed E-state index contributed by atoms with van der Waals surface area (Å²) in [5, 5.41) is 0. The average molecular weight is 262 g/mol. The molecule has 1 unspecified atom stereocenters. The predicted octanol–water partition coefficient (Wildman–Crippen LogP) is 2.03. The van der Waals surface area contributed by atoms with Crippen molar-refractivity contribution in [2.24, 2.45) is 0 Å². The highest BCUT2D eigenvalue weighted by atomic mass is 16.5. The van der Waals surface area contributed by atoms with Crippen LogP contribution in [0.3, 0.4) is 0 Å². The van der Waals surface area contributed by atoms with Gasteiger partial charge in [-0.15, -0.1) is 0 Å². The molecular formula is C15H18O4. The first-order chi connectivity index (χ1) is 9.06. The van der Waals surface area contributed by atoms with Crippen LogP contribution in [0.15, 0.2) is 18.2 Å².